The van der Waals surface area contributed by atoms with E-state index < -0.39 is 0 Å². The molecule has 0 spiro atoms. The Morgan fingerprint density at radius 3 is 2.75 bits per heavy atom. The normalized spacial score (nSPS) is 13.0. The number of hydrogen-bond donors (Lipinski definition) is 2. The highest BCUT2D eigenvalue weighted by molar-refractivity contribution is 7.74. The summed E-state index contributed by atoms with van der Waals surface area (Å²) in [6.45, 7) is 0.481. The zero-order valence-electron chi connectivity index (χ0n) is 20.0. The topological polar surface area (TPSA) is 86.1 Å². The van der Waals surface area contributed by atoms with Gasteiger partial charge in [0.15, 0.2) is 11.5 Å². The SMILES string of the molecule is COc1ccc([N+](=CCCCOc2ccc3c(c2)CCC(=O)N3)OS)c(C(=O)c2cccs2)c1OC. The van der Waals surface area contributed by atoms with Crippen LogP contribution >= 0.6 is 24.2 Å². The molecule has 0 fully saturated rings. The van der Waals surface area contributed by atoms with Gasteiger partial charge in [-0.2, -0.15) is 4.28 Å². The van der Waals surface area contributed by atoms with Gasteiger partial charge < -0.3 is 19.5 Å². The molecule has 36 heavy (non-hydrogen) atoms. The molecule has 0 atom stereocenters. The number of carbonyl (C=O) groups is 2. The molecule has 1 aliphatic heterocycles. The van der Waals surface area contributed by atoms with Crippen molar-refractivity contribution in [1.82, 2.24) is 0 Å². The van der Waals surface area contributed by atoms with E-state index in [1.165, 1.54) is 30.3 Å². The molecule has 10 heteroatoms. The number of amides is 1. The fraction of sp³-hybridized carbons (Fsp3) is 0.269. The lowest BCUT2D eigenvalue weighted by Crippen LogP contribution is -2.18. The largest absolute Gasteiger partial charge is 0.494 e. The first-order chi connectivity index (χ1) is 17.5. The van der Waals surface area contributed by atoms with Gasteiger partial charge in [0.05, 0.1) is 25.7 Å². The minimum Gasteiger partial charge on any atom is -0.494 e. The number of carbonyl (C=O) groups excluding carboxylic acids is 2. The quantitative estimate of drug-likeness (QED) is 0.0676. The van der Waals surface area contributed by atoms with E-state index in [1.54, 1.807) is 24.4 Å². The lowest BCUT2D eigenvalue weighted by molar-refractivity contribution is -0.672. The van der Waals surface area contributed by atoms with Gasteiger partial charge in [0.25, 0.3) is 5.69 Å². The number of hydrogen-bond acceptors (Lipinski definition) is 8. The Morgan fingerprint density at radius 2 is 2.03 bits per heavy atom. The number of fused-ring (bicyclic) bond motifs is 1. The van der Waals surface area contributed by atoms with Gasteiger partial charge in [0, 0.05) is 29.3 Å². The number of ether oxygens (including phenoxy) is 3. The highest BCUT2D eigenvalue weighted by atomic mass is 32.1. The molecule has 0 unspecified atom stereocenters. The predicted octanol–water partition coefficient (Wildman–Crippen LogP) is 5.23. The third-order valence-corrected chi connectivity index (χ3v) is 6.75. The summed E-state index contributed by atoms with van der Waals surface area (Å²) in [4.78, 5) is 25.5. The van der Waals surface area contributed by atoms with Crippen molar-refractivity contribution in [2.24, 2.45) is 0 Å². The molecular formula is C26H27N2O6S2+. The van der Waals surface area contributed by atoms with Gasteiger partial charge in [-0.15, -0.1) is 11.3 Å². The molecule has 0 saturated carbocycles. The molecule has 1 amide bonds. The molecule has 4 rings (SSSR count). The van der Waals surface area contributed by atoms with Crippen LogP contribution in [0, 0.1) is 0 Å². The zero-order valence-corrected chi connectivity index (χ0v) is 21.7. The average molecular weight is 528 g/mol. The molecule has 2 aromatic carbocycles. The summed E-state index contributed by atoms with van der Waals surface area (Å²) in [6, 6.07) is 12.7. The first kappa shape index (κ1) is 25.6. The van der Waals surface area contributed by atoms with Crippen LogP contribution in [0.1, 0.15) is 40.1 Å². The molecule has 2 heterocycles. The number of benzene rings is 2. The summed E-state index contributed by atoms with van der Waals surface area (Å²) in [5, 5.41) is 4.71. The fourth-order valence-electron chi connectivity index (χ4n) is 3.96. The van der Waals surface area contributed by atoms with Crippen LogP contribution in [0.25, 0.3) is 0 Å². The molecule has 0 aliphatic carbocycles. The number of unbranched alkanes of at least 4 members (excludes halogenated alkanes) is 1. The van der Waals surface area contributed by atoms with E-state index in [9.17, 15) is 9.59 Å². The summed E-state index contributed by atoms with van der Waals surface area (Å²) >= 11 is 5.36. The summed E-state index contributed by atoms with van der Waals surface area (Å²) < 4.78 is 23.6. The van der Waals surface area contributed by atoms with Crippen LogP contribution in [0.3, 0.4) is 0 Å². The molecule has 188 valence electrons. The van der Waals surface area contributed by atoms with Crippen molar-refractivity contribution in [2.45, 2.75) is 25.7 Å². The summed E-state index contributed by atoms with van der Waals surface area (Å²) in [7, 11) is 3.02. The van der Waals surface area contributed by atoms with E-state index in [-0.39, 0.29) is 11.7 Å². The maximum Gasteiger partial charge on any atom is 0.273 e. The summed E-state index contributed by atoms with van der Waals surface area (Å²) in [6.07, 6.45) is 4.28. The Bertz CT molecular complexity index is 1270. The molecule has 8 nitrogen and oxygen atoms in total. The highest BCUT2D eigenvalue weighted by Gasteiger charge is 2.30. The molecule has 1 aromatic heterocycles. The Labute approximate surface area is 219 Å². The van der Waals surface area contributed by atoms with E-state index in [4.69, 9.17) is 18.5 Å². The molecule has 0 bridgehead atoms. The summed E-state index contributed by atoms with van der Waals surface area (Å²) in [5.41, 5.74) is 2.72. The van der Waals surface area contributed by atoms with Gasteiger partial charge in [0.2, 0.25) is 17.9 Å². The van der Waals surface area contributed by atoms with E-state index >= 15 is 0 Å². The number of rotatable bonds is 11. The second-order valence-corrected chi connectivity index (χ2v) is 9.06. The van der Waals surface area contributed by atoms with Gasteiger partial charge in [-0.05, 0) is 54.1 Å². The third-order valence-electron chi connectivity index (χ3n) is 5.71. The Hall–Kier alpha value is -3.50. The maximum atomic E-state index is 13.4. The predicted molar refractivity (Wildman–Crippen MR) is 141 cm³/mol. The number of aryl methyl sites for hydroxylation is 1. The number of nitrogens with one attached hydrogen (secondary N) is 1. The lowest BCUT2D eigenvalue weighted by Gasteiger charge is -2.17. The molecular weight excluding hydrogens is 500 g/mol. The third kappa shape index (κ3) is 5.66. The van der Waals surface area contributed by atoms with Crippen molar-refractivity contribution >= 4 is 53.5 Å². The van der Waals surface area contributed by atoms with Crippen molar-refractivity contribution in [3.05, 3.63) is 63.8 Å². The Morgan fingerprint density at radius 1 is 1.17 bits per heavy atom. The van der Waals surface area contributed by atoms with Gasteiger partial charge in [-0.1, -0.05) is 6.07 Å². The molecule has 0 radical (unpaired) electrons. The average Bonchev–Trinajstić information content (AvgIpc) is 3.45. The Balaban J connectivity index is 1.47. The van der Waals surface area contributed by atoms with E-state index in [0.717, 1.165) is 17.0 Å². The molecule has 1 aliphatic rings. The minimum atomic E-state index is -0.202. The monoisotopic (exact) mass is 527 g/mol. The number of thiophene rings is 1. The van der Waals surface area contributed by atoms with Gasteiger partial charge >= 0.3 is 0 Å². The number of thiol groups is 1. The van der Waals surface area contributed by atoms with E-state index in [1.807, 2.05) is 29.6 Å². The van der Waals surface area contributed by atoms with Crippen LogP contribution < -0.4 is 19.5 Å². The standard InChI is InChI=1S/C26H26N2O6S2/c1-31-21-11-10-20(24(26(21)32-2)25(30)22-6-5-15-36-22)28(34-35)13-3-4-14-33-18-8-9-19-17(16-18)7-12-23(29)27-19/h5-6,8-11,13,15-16H,3-4,7,12,14H2,1-2H3,(H-,27,29,35)/p+1. The second kappa shape index (κ2) is 12.0. The van der Waals surface area contributed by atoms with Gasteiger partial charge in [-0.3, -0.25) is 9.59 Å². The molecule has 1 N–H and O–H groups in total. The van der Waals surface area contributed by atoms with Crippen LogP contribution in [0.15, 0.2) is 47.8 Å². The van der Waals surface area contributed by atoms with E-state index in [0.29, 0.717) is 59.9 Å². The van der Waals surface area contributed by atoms with Gasteiger partial charge in [0.1, 0.15) is 24.2 Å². The number of methoxy groups -OCH3 is 2. The maximum absolute atomic E-state index is 13.4. The van der Waals surface area contributed by atoms with Crippen molar-refractivity contribution < 1.29 is 32.8 Å². The van der Waals surface area contributed by atoms with Crippen LogP contribution in [-0.2, 0) is 15.5 Å². The van der Waals surface area contributed by atoms with E-state index in [2.05, 4.69) is 18.2 Å². The second-order valence-electron chi connectivity index (χ2n) is 7.95. The van der Waals surface area contributed by atoms with Crippen molar-refractivity contribution in [2.75, 3.05) is 26.1 Å². The molecule has 0 saturated heterocycles. The van der Waals surface area contributed by atoms with Crippen molar-refractivity contribution in [3.8, 4) is 17.2 Å². The van der Waals surface area contributed by atoms with Crippen LogP contribution in [0.4, 0.5) is 11.4 Å². The minimum absolute atomic E-state index is 0.0393. The number of nitrogens with zero attached hydrogens (tertiary/aromatic N) is 1. The van der Waals surface area contributed by atoms with Crippen molar-refractivity contribution in [3.63, 3.8) is 0 Å². The fourth-order valence-corrected chi connectivity index (χ4v) is 4.78. The first-order valence-electron chi connectivity index (χ1n) is 11.4. The van der Waals surface area contributed by atoms with Crippen LogP contribution in [0.5, 0.6) is 17.2 Å². The van der Waals surface area contributed by atoms with Crippen LogP contribution in [-0.4, -0.2) is 43.5 Å². The van der Waals surface area contributed by atoms with Crippen LogP contribution in [0.2, 0.25) is 0 Å². The zero-order chi connectivity index (χ0) is 25.5. The lowest BCUT2D eigenvalue weighted by atomic mass is 10.0. The summed E-state index contributed by atoms with van der Waals surface area (Å²) in [5.74, 6) is 1.36. The first-order valence-corrected chi connectivity index (χ1v) is 12.6. The number of ketones is 1. The Kier molecular flexibility index (Phi) is 8.50. The van der Waals surface area contributed by atoms with Crippen molar-refractivity contribution in [1.29, 1.82) is 0 Å². The highest BCUT2D eigenvalue weighted by Crippen LogP contribution is 2.39. The molecule has 3 aromatic rings. The van der Waals surface area contributed by atoms with Gasteiger partial charge in [-0.25, -0.2) is 0 Å². The number of anilines is 1. The smallest absolute Gasteiger partial charge is 0.273 e.